The molecular weight excluding hydrogens is 322 g/mol. The molecule has 1 saturated heterocycles. The van der Waals surface area contributed by atoms with E-state index in [1.807, 2.05) is 23.3 Å². The first kappa shape index (κ1) is 18.9. The molecule has 1 atom stereocenters. The van der Waals surface area contributed by atoms with E-state index in [-0.39, 0.29) is 30.3 Å². The van der Waals surface area contributed by atoms with Crippen molar-refractivity contribution in [2.45, 2.75) is 58.7 Å². The molecule has 0 aromatic carbocycles. The van der Waals surface area contributed by atoms with Gasteiger partial charge in [-0.25, -0.2) is 0 Å². The second-order valence-electron chi connectivity index (χ2n) is 6.21. The number of nitrogens with one attached hydrogen (secondary N) is 1. The third-order valence-electron chi connectivity index (χ3n) is 4.79. The fourth-order valence-electron chi connectivity index (χ4n) is 3.43. The summed E-state index contributed by atoms with van der Waals surface area (Å²) in [6.45, 7) is 9.11. The number of nitrogens with zero attached hydrogens (tertiary/aromatic N) is 2. The zero-order chi connectivity index (χ0) is 17.5. The van der Waals surface area contributed by atoms with Crippen molar-refractivity contribution in [2.24, 2.45) is 0 Å². The van der Waals surface area contributed by atoms with Gasteiger partial charge in [-0.2, -0.15) is 0 Å². The van der Waals surface area contributed by atoms with Crippen LogP contribution >= 0.6 is 11.3 Å². The number of hydrogen-bond donors (Lipinski definition) is 1. The zero-order valence-electron chi connectivity index (χ0n) is 15.0. The van der Waals surface area contributed by atoms with E-state index in [0.29, 0.717) is 13.1 Å². The maximum absolute atomic E-state index is 12.8. The lowest BCUT2D eigenvalue weighted by molar-refractivity contribution is -0.140. The Morgan fingerprint density at radius 2 is 2.17 bits per heavy atom. The van der Waals surface area contributed by atoms with Gasteiger partial charge in [0.25, 0.3) is 0 Å². The number of piperazine rings is 1. The molecule has 2 rings (SSSR count). The van der Waals surface area contributed by atoms with Crippen LogP contribution in [0.4, 0.5) is 0 Å². The van der Waals surface area contributed by atoms with Gasteiger partial charge in [-0.05, 0) is 31.2 Å². The first-order valence-electron chi connectivity index (χ1n) is 8.94. The summed E-state index contributed by atoms with van der Waals surface area (Å²) < 4.78 is 0. The lowest BCUT2D eigenvalue weighted by atomic mass is 10.0. The van der Waals surface area contributed by atoms with Gasteiger partial charge in [-0.1, -0.05) is 19.9 Å². The van der Waals surface area contributed by atoms with E-state index >= 15 is 0 Å². The predicted molar refractivity (Wildman–Crippen MR) is 97.9 cm³/mol. The van der Waals surface area contributed by atoms with Crippen LogP contribution in [0.15, 0.2) is 17.5 Å². The normalized spacial score (nSPS) is 18.7. The molecule has 0 bridgehead atoms. The largest absolute Gasteiger partial charge is 0.353 e. The summed E-state index contributed by atoms with van der Waals surface area (Å²) >= 11 is 1.69. The van der Waals surface area contributed by atoms with E-state index in [1.54, 1.807) is 11.3 Å². The Morgan fingerprint density at radius 1 is 1.42 bits per heavy atom. The molecule has 0 spiro atoms. The third-order valence-corrected chi connectivity index (χ3v) is 5.65. The van der Waals surface area contributed by atoms with Crippen molar-refractivity contribution in [1.82, 2.24) is 15.1 Å². The van der Waals surface area contributed by atoms with Crippen molar-refractivity contribution in [3.05, 3.63) is 22.4 Å². The molecule has 2 amide bonds. The van der Waals surface area contributed by atoms with Crippen molar-refractivity contribution in [3.63, 3.8) is 0 Å². The number of carbonyl (C=O) groups excluding carboxylic acids is 2. The van der Waals surface area contributed by atoms with E-state index in [9.17, 15) is 9.59 Å². The van der Waals surface area contributed by atoms with Crippen LogP contribution in [0.25, 0.3) is 0 Å². The molecule has 1 fully saturated rings. The second-order valence-corrected chi connectivity index (χ2v) is 7.24. The molecular formula is C18H29N3O2S. The van der Waals surface area contributed by atoms with Gasteiger partial charge in [0.15, 0.2) is 0 Å². The minimum atomic E-state index is -0.364. The van der Waals surface area contributed by atoms with Gasteiger partial charge in [0.2, 0.25) is 11.8 Å². The fraction of sp³-hybridized carbons (Fsp3) is 0.667. The van der Waals surface area contributed by atoms with Crippen molar-refractivity contribution < 1.29 is 9.59 Å². The Bertz CT molecular complexity index is 528. The Balaban J connectivity index is 2.07. The lowest BCUT2D eigenvalue weighted by Gasteiger charge is -2.36. The molecule has 0 unspecified atom stereocenters. The molecule has 2 heterocycles. The predicted octanol–water partition coefficient (Wildman–Crippen LogP) is 2.48. The Kier molecular flexibility index (Phi) is 7.24. The van der Waals surface area contributed by atoms with E-state index in [2.05, 4.69) is 30.1 Å². The highest BCUT2D eigenvalue weighted by molar-refractivity contribution is 7.09. The van der Waals surface area contributed by atoms with Gasteiger partial charge >= 0.3 is 0 Å². The van der Waals surface area contributed by atoms with Crippen molar-refractivity contribution >= 4 is 23.2 Å². The van der Waals surface area contributed by atoms with Gasteiger partial charge in [0, 0.05) is 37.1 Å². The number of carbonyl (C=O) groups is 2. The Hall–Kier alpha value is -1.40. The first-order valence-corrected chi connectivity index (χ1v) is 9.82. The average molecular weight is 352 g/mol. The molecule has 1 aliphatic heterocycles. The van der Waals surface area contributed by atoms with Crippen LogP contribution in [-0.4, -0.2) is 53.3 Å². The van der Waals surface area contributed by atoms with Crippen LogP contribution in [0.3, 0.4) is 0 Å². The van der Waals surface area contributed by atoms with Gasteiger partial charge in [0.05, 0.1) is 12.5 Å². The van der Waals surface area contributed by atoms with Crippen molar-refractivity contribution in [1.29, 1.82) is 0 Å². The molecule has 6 heteroatoms. The zero-order valence-corrected chi connectivity index (χ0v) is 15.8. The fourth-order valence-corrected chi connectivity index (χ4v) is 4.16. The molecule has 0 radical (unpaired) electrons. The molecule has 5 nitrogen and oxygen atoms in total. The van der Waals surface area contributed by atoms with Crippen molar-refractivity contribution in [3.8, 4) is 0 Å². The quantitative estimate of drug-likeness (QED) is 0.783. The molecule has 1 N–H and O–H groups in total. The van der Waals surface area contributed by atoms with Crippen LogP contribution < -0.4 is 5.32 Å². The standard InChI is InChI=1S/C18H29N3O2S/c1-4-14(5-2)21(6-3)17(22)12-16-18(23)19-9-10-20(16)13-15-8-7-11-24-15/h7-8,11,14,16H,4-6,9-10,12-13H2,1-3H3,(H,19,23)/t16-/m0/s1. The Morgan fingerprint density at radius 3 is 2.75 bits per heavy atom. The molecule has 1 aromatic rings. The van der Waals surface area contributed by atoms with Crippen LogP contribution in [0, 0.1) is 0 Å². The highest BCUT2D eigenvalue weighted by Crippen LogP contribution is 2.19. The molecule has 134 valence electrons. The SMILES string of the molecule is CCC(CC)N(CC)C(=O)C[C@H]1C(=O)NCCN1Cc1cccs1. The van der Waals surface area contributed by atoms with Gasteiger partial charge in [0.1, 0.15) is 0 Å². The second kappa shape index (κ2) is 9.18. The Labute approximate surface area is 149 Å². The number of thiophene rings is 1. The van der Waals surface area contributed by atoms with E-state index < -0.39 is 0 Å². The monoisotopic (exact) mass is 351 g/mol. The first-order chi connectivity index (χ1) is 11.6. The van der Waals surface area contributed by atoms with Gasteiger partial charge in [-0.15, -0.1) is 11.3 Å². The smallest absolute Gasteiger partial charge is 0.237 e. The summed E-state index contributed by atoms with van der Waals surface area (Å²) in [7, 11) is 0. The maximum Gasteiger partial charge on any atom is 0.237 e. The van der Waals surface area contributed by atoms with Crippen LogP contribution in [-0.2, 0) is 16.1 Å². The molecule has 0 aliphatic carbocycles. The van der Waals surface area contributed by atoms with E-state index in [0.717, 1.165) is 25.9 Å². The summed E-state index contributed by atoms with van der Waals surface area (Å²) in [6, 6.07) is 4.01. The molecule has 0 saturated carbocycles. The summed E-state index contributed by atoms with van der Waals surface area (Å²) in [5, 5.41) is 4.96. The highest BCUT2D eigenvalue weighted by Gasteiger charge is 2.33. The highest BCUT2D eigenvalue weighted by atomic mass is 32.1. The van der Waals surface area contributed by atoms with E-state index in [4.69, 9.17) is 0 Å². The van der Waals surface area contributed by atoms with Gasteiger partial charge < -0.3 is 10.2 Å². The summed E-state index contributed by atoms with van der Waals surface area (Å²) in [4.78, 5) is 30.5. The molecule has 24 heavy (non-hydrogen) atoms. The average Bonchev–Trinajstić information content (AvgIpc) is 3.08. The minimum absolute atomic E-state index is 0.0215. The topological polar surface area (TPSA) is 52.7 Å². The van der Waals surface area contributed by atoms with Gasteiger partial charge in [-0.3, -0.25) is 14.5 Å². The van der Waals surface area contributed by atoms with Crippen LogP contribution in [0.2, 0.25) is 0 Å². The third kappa shape index (κ3) is 4.57. The van der Waals surface area contributed by atoms with Crippen LogP contribution in [0.1, 0.15) is 44.9 Å². The molecule has 1 aliphatic rings. The lowest BCUT2D eigenvalue weighted by Crippen LogP contribution is -2.56. The molecule has 1 aromatic heterocycles. The maximum atomic E-state index is 12.8. The summed E-state index contributed by atoms with van der Waals surface area (Å²) in [6.07, 6.45) is 2.17. The van der Waals surface area contributed by atoms with Crippen molar-refractivity contribution in [2.75, 3.05) is 19.6 Å². The van der Waals surface area contributed by atoms with E-state index in [1.165, 1.54) is 4.88 Å². The number of rotatable bonds is 8. The summed E-state index contributed by atoms with van der Waals surface area (Å²) in [5.41, 5.74) is 0. The minimum Gasteiger partial charge on any atom is -0.353 e. The van der Waals surface area contributed by atoms with Crippen LogP contribution in [0.5, 0.6) is 0 Å². The number of hydrogen-bond acceptors (Lipinski definition) is 4. The number of amides is 2. The summed E-state index contributed by atoms with van der Waals surface area (Å²) in [5.74, 6) is 0.0659.